The van der Waals surface area contributed by atoms with Crippen LogP contribution in [0, 0.1) is 0 Å². The molecule has 1 atom stereocenters. The van der Waals surface area contributed by atoms with Crippen LogP contribution in [0.25, 0.3) is 16.7 Å². The lowest BCUT2D eigenvalue weighted by Crippen LogP contribution is -2.34. The molecule has 4 aromatic carbocycles. The molecule has 0 heterocycles. The van der Waals surface area contributed by atoms with Crippen molar-refractivity contribution in [3.8, 4) is 11.1 Å². The first-order valence-electron chi connectivity index (χ1n) is 18.1. The molecule has 0 fully saturated rings. The summed E-state index contributed by atoms with van der Waals surface area (Å²) in [6, 6.07) is 30.5. The molecule has 0 aromatic heterocycles. The normalized spacial score (nSPS) is 20.9. The average molecular weight is 628 g/mol. The third kappa shape index (κ3) is 4.97. The van der Waals surface area contributed by atoms with E-state index in [0.29, 0.717) is 5.92 Å². The van der Waals surface area contributed by atoms with E-state index in [-0.39, 0.29) is 16.2 Å². The van der Waals surface area contributed by atoms with Crippen LogP contribution in [0.15, 0.2) is 121 Å². The van der Waals surface area contributed by atoms with Gasteiger partial charge in [-0.15, -0.1) is 0 Å². The first-order valence-corrected chi connectivity index (χ1v) is 18.1. The maximum absolute atomic E-state index is 2.62. The van der Waals surface area contributed by atoms with Gasteiger partial charge < -0.3 is 4.90 Å². The molecule has 242 valence electrons. The Morgan fingerprint density at radius 2 is 1.31 bits per heavy atom. The van der Waals surface area contributed by atoms with Gasteiger partial charge in [0.25, 0.3) is 0 Å². The van der Waals surface area contributed by atoms with Crippen molar-refractivity contribution in [1.82, 2.24) is 0 Å². The molecular formula is C47H49N. The quantitative estimate of drug-likeness (QED) is 0.213. The molecule has 1 unspecified atom stereocenters. The Morgan fingerprint density at radius 3 is 2.02 bits per heavy atom. The molecule has 0 saturated heterocycles. The maximum atomic E-state index is 2.62. The van der Waals surface area contributed by atoms with Gasteiger partial charge in [-0.05, 0) is 118 Å². The van der Waals surface area contributed by atoms with Crippen LogP contribution in [0.1, 0.15) is 113 Å². The molecule has 8 rings (SSSR count). The molecule has 1 heteroatoms. The van der Waals surface area contributed by atoms with Crippen LogP contribution < -0.4 is 4.90 Å². The number of fused-ring (bicyclic) bond motifs is 4. The van der Waals surface area contributed by atoms with E-state index in [9.17, 15) is 0 Å². The van der Waals surface area contributed by atoms with Gasteiger partial charge in [0.2, 0.25) is 0 Å². The van der Waals surface area contributed by atoms with Crippen molar-refractivity contribution in [2.24, 2.45) is 0 Å². The highest BCUT2D eigenvalue weighted by atomic mass is 15.1. The summed E-state index contributed by atoms with van der Waals surface area (Å²) in [5, 5.41) is 0. The Morgan fingerprint density at radius 1 is 0.604 bits per heavy atom. The van der Waals surface area contributed by atoms with Crippen molar-refractivity contribution in [3.63, 3.8) is 0 Å². The smallest absolute Gasteiger partial charge is 0.0543 e. The lowest BCUT2D eigenvalue weighted by Gasteiger charge is -2.44. The van der Waals surface area contributed by atoms with E-state index in [4.69, 9.17) is 0 Å². The summed E-state index contributed by atoms with van der Waals surface area (Å²) >= 11 is 0. The molecular weight excluding hydrogens is 579 g/mol. The summed E-state index contributed by atoms with van der Waals surface area (Å²) in [6.45, 7) is 14.6. The molecule has 4 aliphatic rings. The molecule has 0 amide bonds. The van der Waals surface area contributed by atoms with Crippen LogP contribution in [-0.4, -0.2) is 0 Å². The monoisotopic (exact) mass is 627 g/mol. The maximum Gasteiger partial charge on any atom is 0.0543 e. The molecule has 1 nitrogen and oxygen atoms in total. The van der Waals surface area contributed by atoms with Crippen molar-refractivity contribution in [1.29, 1.82) is 0 Å². The van der Waals surface area contributed by atoms with Crippen LogP contribution in [0.2, 0.25) is 0 Å². The molecule has 0 bridgehead atoms. The number of allylic oxidation sites excluding steroid dienone is 8. The number of anilines is 3. The highest BCUT2D eigenvalue weighted by Gasteiger charge is 2.40. The number of para-hydroxylation sites is 1. The SMILES string of the molecule is CC1(C)CCC(C)(C)c2cc(N(c3ccccc3)c3cc4c(cc3C3=CCCC=C3)-c3ccccc3C4(C)C)c(C3C=CC=CC3)cc21. The van der Waals surface area contributed by atoms with Gasteiger partial charge in [-0.25, -0.2) is 0 Å². The van der Waals surface area contributed by atoms with E-state index in [1.165, 1.54) is 80.0 Å². The van der Waals surface area contributed by atoms with Crippen LogP contribution in [-0.2, 0) is 16.2 Å². The van der Waals surface area contributed by atoms with Gasteiger partial charge in [0.15, 0.2) is 0 Å². The minimum absolute atomic E-state index is 0.0973. The highest BCUT2D eigenvalue weighted by molar-refractivity contribution is 5.95. The summed E-state index contributed by atoms with van der Waals surface area (Å²) in [5.74, 6) is 0.315. The van der Waals surface area contributed by atoms with E-state index in [0.717, 1.165) is 19.3 Å². The Balaban J connectivity index is 1.47. The van der Waals surface area contributed by atoms with Crippen molar-refractivity contribution in [3.05, 3.63) is 155 Å². The third-order valence-electron chi connectivity index (χ3n) is 11.9. The molecule has 4 aromatic rings. The lowest BCUT2D eigenvalue weighted by atomic mass is 9.62. The van der Waals surface area contributed by atoms with Gasteiger partial charge in [-0.3, -0.25) is 0 Å². The number of benzene rings is 4. The molecule has 0 saturated carbocycles. The summed E-state index contributed by atoms with van der Waals surface area (Å²) in [6.07, 6.45) is 22.0. The zero-order chi connectivity index (χ0) is 33.3. The molecule has 0 radical (unpaired) electrons. The summed E-state index contributed by atoms with van der Waals surface area (Å²) in [5.41, 5.74) is 16.6. The molecule has 0 aliphatic heterocycles. The Labute approximate surface area is 288 Å². The summed E-state index contributed by atoms with van der Waals surface area (Å²) in [7, 11) is 0. The predicted octanol–water partition coefficient (Wildman–Crippen LogP) is 13.1. The first-order chi connectivity index (χ1) is 23.1. The fraction of sp³-hybridized carbons (Fsp3) is 0.319. The second-order valence-electron chi connectivity index (χ2n) is 16.3. The van der Waals surface area contributed by atoms with Crippen molar-refractivity contribution >= 4 is 22.6 Å². The van der Waals surface area contributed by atoms with Gasteiger partial charge in [-0.2, -0.15) is 0 Å². The number of hydrogen-bond donors (Lipinski definition) is 0. The number of hydrogen-bond acceptors (Lipinski definition) is 1. The van der Waals surface area contributed by atoms with Crippen LogP contribution >= 0.6 is 0 Å². The summed E-state index contributed by atoms with van der Waals surface area (Å²) in [4.78, 5) is 2.62. The highest BCUT2D eigenvalue weighted by Crippen LogP contribution is 2.55. The van der Waals surface area contributed by atoms with E-state index in [1.54, 1.807) is 0 Å². The standard InChI is InChI=1S/C47H49N/c1-45(2)26-27-46(3,4)42-31-44(37(29-41(42)45)33-20-12-8-13-21-33)48(34-22-14-9-15-23-34)43-30-40-38(28-36(43)32-18-10-7-11-19-32)35-24-16-17-25-39(35)47(40,5)6/h8-10,12-20,22-25,28-31,33H,7,11,21,26-27H2,1-6H3. The fourth-order valence-electron chi connectivity index (χ4n) is 8.87. The number of rotatable bonds is 5. The number of nitrogens with zero attached hydrogens (tertiary/aromatic N) is 1. The molecule has 0 spiro atoms. The molecule has 48 heavy (non-hydrogen) atoms. The summed E-state index contributed by atoms with van der Waals surface area (Å²) < 4.78 is 0. The van der Waals surface area contributed by atoms with E-state index in [1.807, 2.05) is 0 Å². The molecule has 4 aliphatic carbocycles. The van der Waals surface area contributed by atoms with E-state index in [2.05, 4.69) is 168 Å². The van der Waals surface area contributed by atoms with Gasteiger partial charge in [-0.1, -0.05) is 133 Å². The second kappa shape index (κ2) is 11.4. The Hall–Kier alpha value is -4.36. The van der Waals surface area contributed by atoms with Crippen LogP contribution in [0.5, 0.6) is 0 Å². The van der Waals surface area contributed by atoms with Gasteiger partial charge in [0.1, 0.15) is 0 Å². The topological polar surface area (TPSA) is 3.24 Å². The van der Waals surface area contributed by atoms with E-state index >= 15 is 0 Å². The van der Waals surface area contributed by atoms with Crippen LogP contribution in [0.4, 0.5) is 17.1 Å². The molecule has 0 N–H and O–H groups in total. The zero-order valence-corrected chi connectivity index (χ0v) is 29.6. The van der Waals surface area contributed by atoms with Gasteiger partial charge in [0.05, 0.1) is 11.4 Å². The van der Waals surface area contributed by atoms with E-state index < -0.39 is 0 Å². The van der Waals surface area contributed by atoms with Gasteiger partial charge in [0, 0.05) is 22.6 Å². The third-order valence-corrected chi connectivity index (χ3v) is 11.9. The Bertz CT molecular complexity index is 2030. The van der Waals surface area contributed by atoms with Crippen molar-refractivity contribution in [2.75, 3.05) is 4.90 Å². The second-order valence-corrected chi connectivity index (χ2v) is 16.3. The van der Waals surface area contributed by atoms with Crippen LogP contribution in [0.3, 0.4) is 0 Å². The Kier molecular flexibility index (Phi) is 7.33. The largest absolute Gasteiger partial charge is 0.310 e. The van der Waals surface area contributed by atoms with Crippen molar-refractivity contribution in [2.45, 2.75) is 95.8 Å². The first kappa shape index (κ1) is 30.9. The lowest BCUT2D eigenvalue weighted by molar-refractivity contribution is 0.331. The van der Waals surface area contributed by atoms with Crippen molar-refractivity contribution < 1.29 is 0 Å². The minimum atomic E-state index is -0.0973. The zero-order valence-electron chi connectivity index (χ0n) is 29.6. The van der Waals surface area contributed by atoms with Gasteiger partial charge >= 0.3 is 0 Å². The average Bonchev–Trinajstić information content (AvgIpc) is 3.33. The fourth-order valence-corrected chi connectivity index (χ4v) is 8.87. The predicted molar refractivity (Wildman–Crippen MR) is 206 cm³/mol. The minimum Gasteiger partial charge on any atom is -0.310 e.